The molecule has 0 bridgehead atoms. The maximum Gasteiger partial charge on any atom is 0.315 e. The number of fused-ring (bicyclic) bond motifs is 3. The SMILES string of the molecule is COC(=O)C1C(C)=NC2=C(C(=O)c3ccccc32)[C@@H]1c1cc2c(cc1Cl)OCO2. The van der Waals surface area contributed by atoms with Crippen molar-refractivity contribution in [3.05, 3.63) is 63.7 Å². The van der Waals surface area contributed by atoms with Crippen LogP contribution in [0.25, 0.3) is 5.70 Å². The summed E-state index contributed by atoms with van der Waals surface area (Å²) in [7, 11) is 1.32. The molecule has 0 fully saturated rings. The third-order valence-corrected chi connectivity index (χ3v) is 5.92. The van der Waals surface area contributed by atoms with Gasteiger partial charge in [0.2, 0.25) is 6.79 Å². The fourth-order valence-electron chi connectivity index (χ4n) is 4.29. The van der Waals surface area contributed by atoms with Gasteiger partial charge in [-0.3, -0.25) is 14.6 Å². The van der Waals surface area contributed by atoms with Gasteiger partial charge in [0.25, 0.3) is 0 Å². The van der Waals surface area contributed by atoms with Crippen molar-refractivity contribution in [2.24, 2.45) is 10.9 Å². The van der Waals surface area contributed by atoms with Crippen LogP contribution in [0.2, 0.25) is 5.02 Å². The maximum absolute atomic E-state index is 13.3. The number of nitrogens with zero attached hydrogens (tertiary/aromatic N) is 1. The predicted molar refractivity (Wildman–Crippen MR) is 107 cm³/mol. The molecule has 0 N–H and O–H groups in total. The van der Waals surface area contributed by atoms with Gasteiger partial charge in [-0.1, -0.05) is 35.9 Å². The number of hydrogen-bond donors (Lipinski definition) is 0. The summed E-state index contributed by atoms with van der Waals surface area (Å²) >= 11 is 6.59. The standard InChI is InChI=1S/C22H16ClNO5/c1-10-17(22(26)27-2)18(13-7-15-16(8-14(13)23)29-9-28-15)19-20(24-10)11-5-3-4-6-12(11)21(19)25/h3-8,17-18H,9H2,1-2H3/t17?,18-/m1/s1. The number of ketones is 1. The molecule has 2 aliphatic heterocycles. The molecule has 0 aromatic heterocycles. The number of carbonyl (C=O) groups is 2. The van der Waals surface area contributed by atoms with E-state index in [1.165, 1.54) is 7.11 Å². The van der Waals surface area contributed by atoms with E-state index in [-0.39, 0.29) is 12.6 Å². The van der Waals surface area contributed by atoms with Crippen LogP contribution in [0, 0.1) is 5.92 Å². The van der Waals surface area contributed by atoms with E-state index >= 15 is 0 Å². The van der Waals surface area contributed by atoms with Crippen LogP contribution in [0.1, 0.15) is 34.3 Å². The number of ether oxygens (including phenoxy) is 3. The van der Waals surface area contributed by atoms with Crippen molar-refractivity contribution in [2.45, 2.75) is 12.8 Å². The van der Waals surface area contributed by atoms with Gasteiger partial charge in [0.15, 0.2) is 17.3 Å². The van der Waals surface area contributed by atoms with E-state index in [0.29, 0.717) is 44.6 Å². The molecule has 0 saturated heterocycles. The number of methoxy groups -OCH3 is 1. The zero-order valence-corrected chi connectivity index (χ0v) is 16.4. The van der Waals surface area contributed by atoms with Crippen LogP contribution in [-0.2, 0) is 9.53 Å². The van der Waals surface area contributed by atoms with Gasteiger partial charge in [-0.2, -0.15) is 0 Å². The molecule has 146 valence electrons. The summed E-state index contributed by atoms with van der Waals surface area (Å²) in [6.45, 7) is 1.86. The highest BCUT2D eigenvalue weighted by Gasteiger charge is 2.47. The average molecular weight is 410 g/mol. The minimum atomic E-state index is -0.769. The Morgan fingerprint density at radius 1 is 1.17 bits per heavy atom. The quantitative estimate of drug-likeness (QED) is 0.700. The molecule has 2 heterocycles. The zero-order valence-electron chi connectivity index (χ0n) is 15.7. The van der Waals surface area contributed by atoms with E-state index in [4.69, 9.17) is 25.8 Å². The van der Waals surface area contributed by atoms with Crippen LogP contribution in [-0.4, -0.2) is 31.4 Å². The number of esters is 1. The number of allylic oxidation sites excluding steroid dienone is 1. The van der Waals surface area contributed by atoms with Crippen molar-refractivity contribution < 1.29 is 23.8 Å². The first-order valence-electron chi connectivity index (χ1n) is 9.11. The lowest BCUT2D eigenvalue weighted by atomic mass is 9.75. The summed E-state index contributed by atoms with van der Waals surface area (Å²) in [6, 6.07) is 10.7. The van der Waals surface area contributed by atoms with Crippen LogP contribution in [0.15, 0.2) is 47.0 Å². The van der Waals surface area contributed by atoms with Crippen molar-refractivity contribution in [1.82, 2.24) is 0 Å². The van der Waals surface area contributed by atoms with E-state index < -0.39 is 17.8 Å². The minimum absolute atomic E-state index is 0.0962. The van der Waals surface area contributed by atoms with Gasteiger partial charge in [-0.25, -0.2) is 0 Å². The Morgan fingerprint density at radius 2 is 1.86 bits per heavy atom. The van der Waals surface area contributed by atoms with E-state index in [1.54, 1.807) is 25.1 Å². The highest BCUT2D eigenvalue weighted by Crippen LogP contribution is 2.51. The Morgan fingerprint density at radius 3 is 2.59 bits per heavy atom. The fraction of sp³-hybridized carbons (Fsp3) is 0.227. The predicted octanol–water partition coefficient (Wildman–Crippen LogP) is 4.02. The number of halogens is 1. The molecule has 7 heteroatoms. The van der Waals surface area contributed by atoms with E-state index in [1.807, 2.05) is 18.2 Å². The summed E-state index contributed by atoms with van der Waals surface area (Å²) in [6.07, 6.45) is 0. The van der Waals surface area contributed by atoms with Gasteiger partial charge >= 0.3 is 5.97 Å². The zero-order chi connectivity index (χ0) is 20.3. The van der Waals surface area contributed by atoms with Gasteiger partial charge in [-0.05, 0) is 18.6 Å². The molecule has 1 unspecified atom stereocenters. The Labute approximate surface area is 171 Å². The molecule has 0 spiro atoms. The summed E-state index contributed by atoms with van der Waals surface area (Å²) in [5.41, 5.74) is 3.54. The molecule has 3 aliphatic rings. The highest BCUT2D eigenvalue weighted by atomic mass is 35.5. The monoisotopic (exact) mass is 409 g/mol. The van der Waals surface area contributed by atoms with Gasteiger partial charge in [0.1, 0.15) is 5.92 Å². The lowest BCUT2D eigenvalue weighted by Gasteiger charge is -2.30. The first-order chi connectivity index (χ1) is 14.0. The molecule has 0 saturated carbocycles. The number of rotatable bonds is 2. The first kappa shape index (κ1) is 17.9. The van der Waals surface area contributed by atoms with Crippen LogP contribution in [0.5, 0.6) is 11.5 Å². The van der Waals surface area contributed by atoms with Crippen LogP contribution in [0.3, 0.4) is 0 Å². The van der Waals surface area contributed by atoms with Crippen molar-refractivity contribution in [1.29, 1.82) is 0 Å². The fourth-order valence-corrected chi connectivity index (χ4v) is 4.56. The number of Topliss-reactive ketones (excluding diaryl/α,β-unsaturated/α-hetero) is 1. The Kier molecular flexibility index (Phi) is 3.99. The lowest BCUT2D eigenvalue weighted by molar-refractivity contribution is -0.143. The first-order valence-corrected chi connectivity index (χ1v) is 9.49. The van der Waals surface area contributed by atoms with E-state index in [2.05, 4.69) is 4.99 Å². The topological polar surface area (TPSA) is 74.2 Å². The normalized spacial score (nSPS) is 21.6. The maximum atomic E-state index is 13.3. The molecule has 29 heavy (non-hydrogen) atoms. The summed E-state index contributed by atoms with van der Waals surface area (Å²) in [4.78, 5) is 30.7. The van der Waals surface area contributed by atoms with E-state index in [0.717, 1.165) is 5.56 Å². The number of benzene rings is 2. The van der Waals surface area contributed by atoms with Crippen molar-refractivity contribution in [3.63, 3.8) is 0 Å². The highest BCUT2D eigenvalue weighted by molar-refractivity contribution is 6.32. The third kappa shape index (κ3) is 2.52. The molecule has 2 aromatic carbocycles. The van der Waals surface area contributed by atoms with Gasteiger partial charge in [0, 0.05) is 39.4 Å². The van der Waals surface area contributed by atoms with Crippen LogP contribution >= 0.6 is 11.6 Å². The van der Waals surface area contributed by atoms with Crippen molar-refractivity contribution in [3.8, 4) is 11.5 Å². The second-order valence-electron chi connectivity index (χ2n) is 7.10. The Bertz CT molecular complexity index is 1150. The van der Waals surface area contributed by atoms with Gasteiger partial charge in [0.05, 0.1) is 12.8 Å². The summed E-state index contributed by atoms with van der Waals surface area (Å²) in [5.74, 6) is -0.977. The largest absolute Gasteiger partial charge is 0.468 e. The molecule has 2 aromatic rings. The Hall–Kier alpha value is -3.12. The van der Waals surface area contributed by atoms with Crippen LogP contribution < -0.4 is 9.47 Å². The van der Waals surface area contributed by atoms with E-state index in [9.17, 15) is 9.59 Å². The molecule has 0 amide bonds. The van der Waals surface area contributed by atoms with Crippen molar-refractivity contribution in [2.75, 3.05) is 13.9 Å². The number of hydrogen-bond acceptors (Lipinski definition) is 6. The second kappa shape index (κ2) is 6.46. The third-order valence-electron chi connectivity index (χ3n) is 5.59. The van der Waals surface area contributed by atoms with Crippen LogP contribution in [0.4, 0.5) is 0 Å². The molecule has 5 rings (SSSR count). The average Bonchev–Trinajstić information content (AvgIpc) is 3.28. The number of aliphatic imine (C=N–C) groups is 1. The number of carbonyl (C=O) groups excluding carboxylic acids is 2. The molecule has 1 aliphatic carbocycles. The van der Waals surface area contributed by atoms with Gasteiger partial charge < -0.3 is 14.2 Å². The second-order valence-corrected chi connectivity index (χ2v) is 7.50. The molecule has 0 radical (unpaired) electrons. The molecule has 6 nitrogen and oxygen atoms in total. The molecular formula is C22H16ClNO5. The molecular weight excluding hydrogens is 394 g/mol. The summed E-state index contributed by atoms with van der Waals surface area (Å²) in [5, 5.41) is 0.387. The summed E-state index contributed by atoms with van der Waals surface area (Å²) < 4.78 is 16.0. The lowest BCUT2D eigenvalue weighted by Crippen LogP contribution is -2.34. The smallest absolute Gasteiger partial charge is 0.315 e. The Balaban J connectivity index is 1.76. The minimum Gasteiger partial charge on any atom is -0.468 e. The van der Waals surface area contributed by atoms with Crippen molar-refractivity contribution >= 4 is 34.8 Å². The molecule has 2 atom stereocenters. The van der Waals surface area contributed by atoms with Gasteiger partial charge in [-0.15, -0.1) is 0 Å².